The van der Waals surface area contributed by atoms with Crippen LogP contribution in [0.4, 0.5) is 5.82 Å². The molecule has 3 rings (SSSR count). The molecule has 2 heterocycles. The predicted octanol–water partition coefficient (Wildman–Crippen LogP) is 3.25. The number of hydrogen-bond donors (Lipinski definition) is 1. The quantitative estimate of drug-likeness (QED) is 0.786. The Morgan fingerprint density at radius 3 is 2.70 bits per heavy atom. The van der Waals surface area contributed by atoms with Crippen LogP contribution in [0.5, 0.6) is 5.75 Å². The van der Waals surface area contributed by atoms with Crippen LogP contribution in [0.1, 0.15) is 5.69 Å². The zero-order chi connectivity index (χ0) is 13.8. The Balaban J connectivity index is 1.92. The maximum absolute atomic E-state index is 5.38. The number of methoxy groups -OCH3 is 1. The zero-order valence-corrected chi connectivity index (χ0v) is 11.2. The largest absolute Gasteiger partial charge is 0.496 e. The number of nitrogens with one attached hydrogen (secondary N) is 1. The average Bonchev–Trinajstić information content (AvgIpc) is 2.53. The Labute approximate surface area is 117 Å². The Hall–Kier alpha value is -2.62. The third kappa shape index (κ3) is 2.40. The van der Waals surface area contributed by atoms with E-state index < -0.39 is 0 Å². The number of anilines is 1. The Bertz CT molecular complexity index is 713. The highest BCUT2D eigenvalue weighted by molar-refractivity contribution is 5.95. The van der Waals surface area contributed by atoms with Crippen molar-refractivity contribution >= 4 is 16.6 Å². The summed E-state index contributed by atoms with van der Waals surface area (Å²) in [4.78, 5) is 8.70. The van der Waals surface area contributed by atoms with E-state index in [1.807, 2.05) is 42.5 Å². The van der Waals surface area contributed by atoms with Crippen molar-refractivity contribution in [1.29, 1.82) is 0 Å². The second-order valence-electron chi connectivity index (χ2n) is 4.39. The lowest BCUT2D eigenvalue weighted by molar-refractivity contribution is 0.420. The number of hydrogen-bond acceptors (Lipinski definition) is 4. The molecule has 0 aliphatic rings. The van der Waals surface area contributed by atoms with Crippen molar-refractivity contribution in [2.24, 2.45) is 0 Å². The summed E-state index contributed by atoms with van der Waals surface area (Å²) < 4.78 is 5.38. The topological polar surface area (TPSA) is 47.0 Å². The van der Waals surface area contributed by atoms with Crippen molar-refractivity contribution in [1.82, 2.24) is 9.97 Å². The van der Waals surface area contributed by atoms with Gasteiger partial charge in [-0.15, -0.1) is 0 Å². The summed E-state index contributed by atoms with van der Waals surface area (Å²) >= 11 is 0. The molecular formula is C16H15N3O. The highest BCUT2D eigenvalue weighted by Crippen LogP contribution is 2.29. The van der Waals surface area contributed by atoms with Gasteiger partial charge in [0.2, 0.25) is 0 Å². The van der Waals surface area contributed by atoms with Crippen LogP contribution in [0, 0.1) is 0 Å². The van der Waals surface area contributed by atoms with E-state index in [9.17, 15) is 0 Å². The maximum Gasteiger partial charge on any atom is 0.134 e. The first-order valence-electron chi connectivity index (χ1n) is 6.44. The lowest BCUT2D eigenvalue weighted by Gasteiger charge is -2.10. The third-order valence-electron chi connectivity index (χ3n) is 3.15. The molecule has 0 radical (unpaired) electrons. The van der Waals surface area contributed by atoms with Crippen molar-refractivity contribution < 1.29 is 4.74 Å². The summed E-state index contributed by atoms with van der Waals surface area (Å²) in [7, 11) is 1.68. The standard InChI is InChI=1S/C16H15N3O/c1-20-15-7-4-6-14-13(15)8-10-18-16(14)19-11-12-5-2-3-9-17-12/h2-10H,11H2,1H3,(H,18,19). The summed E-state index contributed by atoms with van der Waals surface area (Å²) in [6.07, 6.45) is 3.57. The van der Waals surface area contributed by atoms with Crippen LogP contribution in [0.3, 0.4) is 0 Å². The van der Waals surface area contributed by atoms with E-state index >= 15 is 0 Å². The highest BCUT2D eigenvalue weighted by Gasteiger charge is 2.06. The van der Waals surface area contributed by atoms with Gasteiger partial charge in [0.25, 0.3) is 0 Å². The van der Waals surface area contributed by atoms with Crippen LogP contribution >= 0.6 is 0 Å². The van der Waals surface area contributed by atoms with E-state index in [1.165, 1.54) is 0 Å². The molecule has 0 saturated carbocycles. The molecule has 0 unspecified atom stereocenters. The fourth-order valence-corrected chi connectivity index (χ4v) is 2.17. The Morgan fingerprint density at radius 2 is 1.90 bits per heavy atom. The van der Waals surface area contributed by atoms with Gasteiger partial charge in [-0.1, -0.05) is 18.2 Å². The van der Waals surface area contributed by atoms with Crippen LogP contribution < -0.4 is 10.1 Å². The van der Waals surface area contributed by atoms with Gasteiger partial charge in [-0.2, -0.15) is 0 Å². The van der Waals surface area contributed by atoms with E-state index in [1.54, 1.807) is 19.5 Å². The molecule has 4 heteroatoms. The molecule has 0 fully saturated rings. The van der Waals surface area contributed by atoms with Crippen LogP contribution in [0.15, 0.2) is 54.9 Å². The second-order valence-corrected chi connectivity index (χ2v) is 4.39. The van der Waals surface area contributed by atoms with Gasteiger partial charge in [-0.05, 0) is 24.3 Å². The SMILES string of the molecule is COc1cccc2c(NCc3ccccn3)nccc12. The van der Waals surface area contributed by atoms with Crippen LogP contribution in [0.25, 0.3) is 10.8 Å². The average molecular weight is 265 g/mol. The molecule has 1 N–H and O–H groups in total. The van der Waals surface area contributed by atoms with Crippen molar-refractivity contribution in [3.63, 3.8) is 0 Å². The molecule has 0 aliphatic carbocycles. The summed E-state index contributed by atoms with van der Waals surface area (Å²) in [5.41, 5.74) is 0.981. The summed E-state index contributed by atoms with van der Waals surface area (Å²) in [6.45, 7) is 0.643. The normalized spacial score (nSPS) is 10.4. The molecule has 0 amide bonds. The van der Waals surface area contributed by atoms with Gasteiger partial charge >= 0.3 is 0 Å². The van der Waals surface area contributed by atoms with Gasteiger partial charge in [0.1, 0.15) is 11.6 Å². The van der Waals surface area contributed by atoms with Gasteiger partial charge in [0.05, 0.1) is 19.3 Å². The molecule has 100 valence electrons. The fraction of sp³-hybridized carbons (Fsp3) is 0.125. The van der Waals surface area contributed by atoms with Crippen molar-refractivity contribution in [2.45, 2.75) is 6.54 Å². The summed E-state index contributed by atoms with van der Waals surface area (Å²) in [5.74, 6) is 1.69. The van der Waals surface area contributed by atoms with Gasteiger partial charge in [-0.25, -0.2) is 4.98 Å². The first-order chi connectivity index (χ1) is 9.88. The fourth-order valence-electron chi connectivity index (χ4n) is 2.17. The van der Waals surface area contributed by atoms with E-state index in [2.05, 4.69) is 15.3 Å². The smallest absolute Gasteiger partial charge is 0.134 e. The van der Waals surface area contributed by atoms with Gasteiger partial charge in [0, 0.05) is 23.2 Å². The number of aromatic nitrogens is 2. The molecule has 0 atom stereocenters. The summed E-state index contributed by atoms with van der Waals surface area (Å²) in [6, 6.07) is 13.8. The van der Waals surface area contributed by atoms with Gasteiger partial charge in [0.15, 0.2) is 0 Å². The number of benzene rings is 1. The molecule has 1 aromatic carbocycles. The first-order valence-corrected chi connectivity index (χ1v) is 6.44. The zero-order valence-electron chi connectivity index (χ0n) is 11.2. The molecular weight excluding hydrogens is 250 g/mol. The van der Waals surface area contributed by atoms with E-state index in [-0.39, 0.29) is 0 Å². The monoisotopic (exact) mass is 265 g/mol. The lowest BCUT2D eigenvalue weighted by Crippen LogP contribution is -2.03. The molecule has 2 aromatic heterocycles. The molecule has 3 aromatic rings. The second kappa shape index (κ2) is 5.57. The molecule has 4 nitrogen and oxygen atoms in total. The number of pyridine rings is 2. The lowest BCUT2D eigenvalue weighted by atomic mass is 10.1. The molecule has 0 aliphatic heterocycles. The number of fused-ring (bicyclic) bond motifs is 1. The van der Waals surface area contributed by atoms with Crippen LogP contribution in [0.2, 0.25) is 0 Å². The number of rotatable bonds is 4. The van der Waals surface area contributed by atoms with Crippen molar-refractivity contribution in [2.75, 3.05) is 12.4 Å². The molecule has 0 bridgehead atoms. The number of nitrogens with zero attached hydrogens (tertiary/aromatic N) is 2. The minimum absolute atomic E-state index is 0.643. The van der Waals surface area contributed by atoms with E-state index in [4.69, 9.17) is 4.74 Å². The van der Waals surface area contributed by atoms with Crippen LogP contribution in [-0.2, 0) is 6.54 Å². The minimum atomic E-state index is 0.643. The molecule has 0 spiro atoms. The predicted molar refractivity (Wildman–Crippen MR) is 79.9 cm³/mol. The minimum Gasteiger partial charge on any atom is -0.496 e. The number of ether oxygens (including phenoxy) is 1. The maximum atomic E-state index is 5.38. The van der Waals surface area contributed by atoms with E-state index in [0.717, 1.165) is 28.0 Å². The Morgan fingerprint density at radius 1 is 0.950 bits per heavy atom. The van der Waals surface area contributed by atoms with Crippen molar-refractivity contribution in [3.8, 4) is 5.75 Å². The van der Waals surface area contributed by atoms with Gasteiger partial charge < -0.3 is 10.1 Å². The Kier molecular flexibility index (Phi) is 3.46. The van der Waals surface area contributed by atoms with Crippen molar-refractivity contribution in [3.05, 3.63) is 60.6 Å². The summed E-state index contributed by atoms with van der Waals surface area (Å²) in [5, 5.41) is 5.42. The van der Waals surface area contributed by atoms with Crippen LogP contribution in [-0.4, -0.2) is 17.1 Å². The van der Waals surface area contributed by atoms with E-state index in [0.29, 0.717) is 6.54 Å². The highest BCUT2D eigenvalue weighted by atomic mass is 16.5. The first kappa shape index (κ1) is 12.4. The molecule has 0 saturated heterocycles. The van der Waals surface area contributed by atoms with Gasteiger partial charge in [-0.3, -0.25) is 4.98 Å². The third-order valence-corrected chi connectivity index (χ3v) is 3.15. The molecule has 20 heavy (non-hydrogen) atoms.